The van der Waals surface area contributed by atoms with Crippen molar-refractivity contribution in [2.45, 2.75) is 78.5 Å². The Balaban J connectivity index is 2.91. The van der Waals surface area contributed by atoms with Crippen molar-refractivity contribution in [1.82, 2.24) is 4.90 Å². The van der Waals surface area contributed by atoms with Gasteiger partial charge in [0, 0.05) is 18.5 Å². The minimum Gasteiger partial charge on any atom is -0.444 e. The molecule has 0 aromatic rings. The number of hydrogen-bond acceptors (Lipinski definition) is 3. The maximum absolute atomic E-state index is 12.4. The quantitative estimate of drug-likeness (QED) is 0.735. The first-order valence-electron chi connectivity index (χ1n) is 7.01. The lowest BCUT2D eigenvalue weighted by molar-refractivity contribution is -0.109. The largest absolute Gasteiger partial charge is 0.444 e. The molecule has 0 heterocycles. The van der Waals surface area contributed by atoms with Crippen molar-refractivity contribution < 1.29 is 14.3 Å². The Morgan fingerprint density at radius 3 is 2.11 bits per heavy atom. The fourth-order valence-corrected chi connectivity index (χ4v) is 2.17. The topological polar surface area (TPSA) is 46.6 Å². The Morgan fingerprint density at radius 1 is 1.26 bits per heavy atom. The molecule has 1 unspecified atom stereocenters. The standard InChI is InChI=1S/C15H27NO3/c1-14(2,3)12(9-10-17)16(11-7-8-11)13(18)19-15(4,5)6/h10-12H,7-9H2,1-6H3. The summed E-state index contributed by atoms with van der Waals surface area (Å²) < 4.78 is 5.49. The van der Waals surface area contributed by atoms with Gasteiger partial charge >= 0.3 is 6.09 Å². The van der Waals surface area contributed by atoms with Crippen molar-refractivity contribution in [2.75, 3.05) is 0 Å². The van der Waals surface area contributed by atoms with Crippen molar-refractivity contribution in [3.05, 3.63) is 0 Å². The lowest BCUT2D eigenvalue weighted by atomic mass is 9.84. The molecule has 1 saturated carbocycles. The van der Waals surface area contributed by atoms with Crippen LogP contribution in [-0.2, 0) is 9.53 Å². The van der Waals surface area contributed by atoms with E-state index in [1.165, 1.54) is 0 Å². The maximum Gasteiger partial charge on any atom is 0.410 e. The van der Waals surface area contributed by atoms with E-state index in [-0.39, 0.29) is 23.6 Å². The molecule has 0 bridgehead atoms. The maximum atomic E-state index is 12.4. The summed E-state index contributed by atoms with van der Waals surface area (Å²) in [7, 11) is 0. The van der Waals surface area contributed by atoms with E-state index in [1.54, 1.807) is 4.90 Å². The summed E-state index contributed by atoms with van der Waals surface area (Å²) in [5.41, 5.74) is -0.645. The first-order chi connectivity index (χ1) is 8.56. The summed E-state index contributed by atoms with van der Waals surface area (Å²) in [6.07, 6.45) is 2.97. The van der Waals surface area contributed by atoms with Crippen molar-refractivity contribution in [2.24, 2.45) is 5.41 Å². The SMILES string of the molecule is CC(C)(C)OC(=O)N(C1CC1)C(CC=O)C(C)(C)C. The number of hydrogen-bond donors (Lipinski definition) is 0. The number of nitrogens with zero attached hydrogens (tertiary/aromatic N) is 1. The van der Waals surface area contributed by atoms with Gasteiger partial charge in [-0.05, 0) is 39.0 Å². The molecule has 4 heteroatoms. The van der Waals surface area contributed by atoms with E-state index in [9.17, 15) is 9.59 Å². The fraction of sp³-hybridized carbons (Fsp3) is 0.867. The zero-order valence-electron chi connectivity index (χ0n) is 13.0. The van der Waals surface area contributed by atoms with Gasteiger partial charge < -0.3 is 14.4 Å². The fourth-order valence-electron chi connectivity index (χ4n) is 2.17. The van der Waals surface area contributed by atoms with Crippen LogP contribution in [0.2, 0.25) is 0 Å². The summed E-state index contributed by atoms with van der Waals surface area (Å²) in [6.45, 7) is 11.8. The summed E-state index contributed by atoms with van der Waals surface area (Å²) >= 11 is 0. The van der Waals surface area contributed by atoms with Gasteiger partial charge in [0.05, 0.1) is 0 Å². The smallest absolute Gasteiger partial charge is 0.410 e. The molecule has 1 amide bonds. The molecular formula is C15H27NO3. The van der Waals surface area contributed by atoms with Crippen LogP contribution in [0.1, 0.15) is 60.8 Å². The van der Waals surface area contributed by atoms with Crippen LogP contribution in [0.3, 0.4) is 0 Å². The number of carbonyl (C=O) groups is 2. The van der Waals surface area contributed by atoms with E-state index in [0.29, 0.717) is 6.42 Å². The minimum atomic E-state index is -0.506. The third-order valence-corrected chi connectivity index (χ3v) is 3.20. The van der Waals surface area contributed by atoms with Crippen molar-refractivity contribution in [1.29, 1.82) is 0 Å². The zero-order valence-corrected chi connectivity index (χ0v) is 13.0. The van der Waals surface area contributed by atoms with E-state index in [4.69, 9.17) is 4.74 Å². The summed E-state index contributed by atoms with van der Waals surface area (Å²) in [5.74, 6) is 0. The Hall–Kier alpha value is -1.06. The van der Waals surface area contributed by atoms with Crippen LogP contribution < -0.4 is 0 Å². The Bertz CT molecular complexity index is 334. The lowest BCUT2D eigenvalue weighted by Crippen LogP contribution is -2.50. The predicted octanol–water partition coefficient (Wildman–Crippen LogP) is 3.39. The van der Waals surface area contributed by atoms with Gasteiger partial charge in [-0.1, -0.05) is 20.8 Å². The molecule has 1 aliphatic carbocycles. The molecule has 4 nitrogen and oxygen atoms in total. The van der Waals surface area contributed by atoms with Crippen molar-refractivity contribution >= 4 is 12.4 Å². The van der Waals surface area contributed by atoms with Gasteiger partial charge in [0.2, 0.25) is 0 Å². The first kappa shape index (κ1) is 16.0. The molecule has 0 aromatic carbocycles. The van der Waals surface area contributed by atoms with Crippen LogP contribution in [0.15, 0.2) is 0 Å². The molecule has 0 saturated heterocycles. The summed E-state index contributed by atoms with van der Waals surface area (Å²) in [4.78, 5) is 25.1. The Kier molecular flexibility index (Phi) is 4.64. The second-order valence-corrected chi connectivity index (χ2v) is 7.40. The van der Waals surface area contributed by atoms with Gasteiger partial charge in [-0.25, -0.2) is 4.79 Å². The molecule has 110 valence electrons. The highest BCUT2D eigenvalue weighted by Crippen LogP contribution is 2.36. The highest BCUT2D eigenvalue weighted by Gasteiger charge is 2.43. The molecule has 0 aliphatic heterocycles. The van der Waals surface area contributed by atoms with E-state index in [1.807, 2.05) is 20.8 Å². The zero-order chi connectivity index (χ0) is 14.8. The van der Waals surface area contributed by atoms with E-state index < -0.39 is 5.60 Å². The average molecular weight is 269 g/mol. The number of rotatable bonds is 4. The van der Waals surface area contributed by atoms with Crippen LogP contribution in [0.25, 0.3) is 0 Å². The first-order valence-corrected chi connectivity index (χ1v) is 7.01. The number of carbonyl (C=O) groups excluding carboxylic acids is 2. The average Bonchev–Trinajstić information content (AvgIpc) is 2.96. The molecule has 1 fully saturated rings. The van der Waals surface area contributed by atoms with E-state index >= 15 is 0 Å². The molecule has 0 aromatic heterocycles. The molecule has 19 heavy (non-hydrogen) atoms. The van der Waals surface area contributed by atoms with E-state index in [0.717, 1.165) is 19.1 Å². The Morgan fingerprint density at radius 2 is 1.79 bits per heavy atom. The van der Waals surface area contributed by atoms with Crippen LogP contribution in [0, 0.1) is 5.41 Å². The monoisotopic (exact) mass is 269 g/mol. The summed E-state index contributed by atoms with van der Waals surface area (Å²) in [6, 6.07) is 0.131. The van der Waals surface area contributed by atoms with Crippen LogP contribution in [0.5, 0.6) is 0 Å². The molecule has 0 radical (unpaired) electrons. The van der Waals surface area contributed by atoms with Gasteiger partial charge in [0.25, 0.3) is 0 Å². The molecule has 0 spiro atoms. The van der Waals surface area contributed by atoms with Crippen LogP contribution in [0.4, 0.5) is 4.79 Å². The second-order valence-electron chi connectivity index (χ2n) is 7.40. The van der Waals surface area contributed by atoms with Gasteiger partial charge in [-0.2, -0.15) is 0 Å². The van der Waals surface area contributed by atoms with Gasteiger partial charge in [-0.15, -0.1) is 0 Å². The number of amides is 1. The predicted molar refractivity (Wildman–Crippen MR) is 75.0 cm³/mol. The van der Waals surface area contributed by atoms with E-state index in [2.05, 4.69) is 20.8 Å². The van der Waals surface area contributed by atoms with Crippen LogP contribution in [-0.4, -0.2) is 35.0 Å². The molecular weight excluding hydrogens is 242 g/mol. The highest BCUT2D eigenvalue weighted by molar-refractivity contribution is 5.70. The van der Waals surface area contributed by atoms with Crippen molar-refractivity contribution in [3.8, 4) is 0 Å². The molecule has 1 aliphatic rings. The highest BCUT2D eigenvalue weighted by atomic mass is 16.6. The molecule has 0 N–H and O–H groups in total. The van der Waals surface area contributed by atoms with Crippen molar-refractivity contribution in [3.63, 3.8) is 0 Å². The Labute approximate surface area is 116 Å². The third-order valence-electron chi connectivity index (χ3n) is 3.20. The summed E-state index contributed by atoms with van der Waals surface area (Å²) in [5, 5.41) is 0. The molecule has 1 atom stereocenters. The molecule has 1 rings (SSSR count). The van der Waals surface area contributed by atoms with Gasteiger partial charge in [0.1, 0.15) is 11.9 Å². The third kappa shape index (κ3) is 4.84. The normalized spacial score (nSPS) is 17.8. The number of ether oxygens (including phenoxy) is 1. The number of aldehydes is 1. The van der Waals surface area contributed by atoms with Gasteiger partial charge in [0.15, 0.2) is 0 Å². The van der Waals surface area contributed by atoms with Crippen LogP contribution >= 0.6 is 0 Å². The lowest BCUT2D eigenvalue weighted by Gasteiger charge is -2.40. The second kappa shape index (κ2) is 5.51. The minimum absolute atomic E-state index is 0.104. The van der Waals surface area contributed by atoms with Gasteiger partial charge in [-0.3, -0.25) is 0 Å².